The van der Waals surface area contributed by atoms with Gasteiger partial charge in [0.1, 0.15) is 0 Å². The molecule has 0 saturated carbocycles. The summed E-state index contributed by atoms with van der Waals surface area (Å²) in [5, 5.41) is 15.5. The first-order chi connectivity index (χ1) is 12.3. The molecule has 0 aliphatic carbocycles. The van der Waals surface area contributed by atoms with E-state index in [0.29, 0.717) is 13.1 Å². The Labute approximate surface area is 153 Å². The molecular formula is C17H17N5OS2. The Balaban J connectivity index is 1.34. The molecule has 0 radical (unpaired) electrons. The quantitative estimate of drug-likeness (QED) is 0.764. The van der Waals surface area contributed by atoms with Crippen molar-refractivity contribution >= 4 is 39.5 Å². The summed E-state index contributed by atoms with van der Waals surface area (Å²) >= 11 is 3.27. The second-order valence-corrected chi connectivity index (χ2v) is 7.54. The summed E-state index contributed by atoms with van der Waals surface area (Å²) in [4.78, 5) is 17.5. The lowest BCUT2D eigenvalue weighted by Crippen LogP contribution is -2.50. The van der Waals surface area contributed by atoms with Gasteiger partial charge in [0.15, 0.2) is 5.01 Å². The van der Waals surface area contributed by atoms with Crippen LogP contribution in [0, 0.1) is 0 Å². The Kier molecular flexibility index (Phi) is 4.62. The molecule has 3 aromatic rings. The van der Waals surface area contributed by atoms with E-state index in [-0.39, 0.29) is 6.03 Å². The van der Waals surface area contributed by atoms with Gasteiger partial charge >= 0.3 is 6.03 Å². The van der Waals surface area contributed by atoms with E-state index in [1.165, 1.54) is 0 Å². The molecule has 25 heavy (non-hydrogen) atoms. The molecule has 8 heteroatoms. The van der Waals surface area contributed by atoms with Crippen LogP contribution in [0.1, 0.15) is 0 Å². The maximum atomic E-state index is 12.3. The molecule has 4 rings (SSSR count). The van der Waals surface area contributed by atoms with Crippen LogP contribution in [0.3, 0.4) is 0 Å². The van der Waals surface area contributed by atoms with E-state index in [2.05, 4.69) is 26.5 Å². The highest BCUT2D eigenvalue weighted by molar-refractivity contribution is 7.22. The summed E-state index contributed by atoms with van der Waals surface area (Å²) in [6.07, 6.45) is 0. The van der Waals surface area contributed by atoms with Crippen LogP contribution in [0.5, 0.6) is 0 Å². The minimum atomic E-state index is -0.0533. The van der Waals surface area contributed by atoms with Crippen LogP contribution < -0.4 is 10.2 Å². The molecule has 1 saturated heterocycles. The lowest BCUT2D eigenvalue weighted by Gasteiger charge is -2.34. The molecule has 1 fully saturated rings. The zero-order valence-corrected chi connectivity index (χ0v) is 15.1. The van der Waals surface area contributed by atoms with E-state index in [0.717, 1.165) is 33.8 Å². The Morgan fingerprint density at radius 2 is 1.80 bits per heavy atom. The van der Waals surface area contributed by atoms with E-state index in [1.54, 1.807) is 22.7 Å². The zero-order chi connectivity index (χ0) is 17.1. The van der Waals surface area contributed by atoms with Crippen LogP contribution in [-0.4, -0.2) is 47.3 Å². The van der Waals surface area contributed by atoms with Crippen molar-refractivity contribution in [1.29, 1.82) is 0 Å². The monoisotopic (exact) mass is 371 g/mol. The number of anilines is 2. The summed E-state index contributed by atoms with van der Waals surface area (Å²) in [5.74, 6) is 0. The number of amides is 2. The maximum absolute atomic E-state index is 12.3. The summed E-state index contributed by atoms with van der Waals surface area (Å²) in [7, 11) is 0. The molecule has 2 amide bonds. The van der Waals surface area contributed by atoms with Crippen molar-refractivity contribution in [2.24, 2.45) is 0 Å². The number of piperazine rings is 1. The lowest BCUT2D eigenvalue weighted by molar-refractivity contribution is 0.208. The number of carbonyl (C=O) groups is 1. The van der Waals surface area contributed by atoms with Gasteiger partial charge < -0.3 is 15.1 Å². The molecular weight excluding hydrogens is 354 g/mol. The maximum Gasteiger partial charge on any atom is 0.321 e. The average Bonchev–Trinajstić information content (AvgIpc) is 3.34. The average molecular weight is 371 g/mol. The van der Waals surface area contributed by atoms with Crippen LogP contribution >= 0.6 is 22.7 Å². The van der Waals surface area contributed by atoms with Crippen molar-refractivity contribution in [1.82, 2.24) is 15.1 Å². The highest BCUT2D eigenvalue weighted by atomic mass is 32.1. The van der Waals surface area contributed by atoms with Gasteiger partial charge in [0.25, 0.3) is 0 Å². The van der Waals surface area contributed by atoms with Gasteiger partial charge in [-0.25, -0.2) is 4.79 Å². The van der Waals surface area contributed by atoms with Gasteiger partial charge in [-0.1, -0.05) is 35.6 Å². The van der Waals surface area contributed by atoms with E-state index < -0.39 is 0 Å². The molecule has 1 aliphatic heterocycles. The summed E-state index contributed by atoms with van der Waals surface area (Å²) in [6, 6.07) is 13.6. The first kappa shape index (κ1) is 16.0. The van der Waals surface area contributed by atoms with Crippen LogP contribution in [0.15, 0.2) is 47.8 Å². The third kappa shape index (κ3) is 3.64. The minimum Gasteiger partial charge on any atom is -0.343 e. The Bertz CT molecular complexity index is 826. The number of benzene rings is 1. The SMILES string of the molecule is O=C(Nc1ccccc1)N1CCN(c2nnc(-c3cccs3)s2)CC1. The van der Waals surface area contributed by atoms with E-state index in [4.69, 9.17) is 0 Å². The van der Waals surface area contributed by atoms with Gasteiger partial charge in [0, 0.05) is 31.9 Å². The highest BCUT2D eigenvalue weighted by Crippen LogP contribution is 2.31. The topological polar surface area (TPSA) is 61.4 Å². The van der Waals surface area contributed by atoms with Gasteiger partial charge in [-0.3, -0.25) is 0 Å². The van der Waals surface area contributed by atoms with E-state index >= 15 is 0 Å². The normalized spacial score (nSPS) is 14.6. The fraction of sp³-hybridized carbons (Fsp3) is 0.235. The van der Waals surface area contributed by atoms with Gasteiger partial charge in [0.05, 0.1) is 4.88 Å². The largest absolute Gasteiger partial charge is 0.343 e. The van der Waals surface area contributed by atoms with Gasteiger partial charge in [-0.05, 0) is 23.6 Å². The Hall–Kier alpha value is -2.45. The number of thiophene rings is 1. The molecule has 6 nitrogen and oxygen atoms in total. The number of hydrogen-bond donors (Lipinski definition) is 1. The molecule has 3 heterocycles. The number of nitrogens with zero attached hydrogens (tertiary/aromatic N) is 4. The molecule has 0 spiro atoms. The minimum absolute atomic E-state index is 0.0533. The summed E-state index contributed by atoms with van der Waals surface area (Å²) < 4.78 is 0. The number of nitrogens with one attached hydrogen (secondary N) is 1. The predicted molar refractivity (Wildman–Crippen MR) is 102 cm³/mol. The lowest BCUT2D eigenvalue weighted by atomic mass is 10.3. The number of urea groups is 1. The first-order valence-electron chi connectivity index (χ1n) is 8.03. The Morgan fingerprint density at radius 3 is 2.52 bits per heavy atom. The number of hydrogen-bond acceptors (Lipinski definition) is 6. The number of para-hydroxylation sites is 1. The molecule has 2 aromatic heterocycles. The number of aromatic nitrogens is 2. The smallest absolute Gasteiger partial charge is 0.321 e. The summed E-state index contributed by atoms with van der Waals surface area (Å²) in [6.45, 7) is 2.88. The van der Waals surface area contributed by atoms with Crippen molar-refractivity contribution in [3.05, 3.63) is 47.8 Å². The molecule has 0 unspecified atom stereocenters. The number of carbonyl (C=O) groups excluding carboxylic acids is 1. The van der Waals surface area contributed by atoms with E-state index in [9.17, 15) is 4.79 Å². The standard InChI is InChI=1S/C17H17N5OS2/c23-16(18-13-5-2-1-3-6-13)21-8-10-22(11-9-21)17-20-19-15(25-17)14-7-4-12-24-14/h1-7,12H,8-11H2,(H,18,23). The molecule has 1 aliphatic rings. The molecule has 0 bridgehead atoms. The third-order valence-corrected chi connectivity index (χ3v) is 6.03. The van der Waals surface area contributed by atoms with Crippen LogP contribution in [0.4, 0.5) is 15.6 Å². The van der Waals surface area contributed by atoms with Crippen LogP contribution in [0.25, 0.3) is 9.88 Å². The van der Waals surface area contributed by atoms with Crippen molar-refractivity contribution < 1.29 is 4.79 Å². The van der Waals surface area contributed by atoms with E-state index in [1.807, 2.05) is 46.7 Å². The number of rotatable bonds is 3. The summed E-state index contributed by atoms with van der Waals surface area (Å²) in [5.41, 5.74) is 0.819. The van der Waals surface area contributed by atoms with Crippen molar-refractivity contribution in [2.45, 2.75) is 0 Å². The molecule has 128 valence electrons. The second-order valence-electron chi connectivity index (χ2n) is 5.64. The van der Waals surface area contributed by atoms with Crippen molar-refractivity contribution in [2.75, 3.05) is 36.4 Å². The predicted octanol–water partition coefficient (Wildman–Crippen LogP) is 3.62. The third-order valence-electron chi connectivity index (χ3n) is 4.01. The highest BCUT2D eigenvalue weighted by Gasteiger charge is 2.23. The van der Waals surface area contributed by atoms with Crippen LogP contribution in [-0.2, 0) is 0 Å². The molecule has 1 aromatic carbocycles. The fourth-order valence-corrected chi connectivity index (χ4v) is 4.36. The van der Waals surface area contributed by atoms with Crippen molar-refractivity contribution in [3.63, 3.8) is 0 Å². The Morgan fingerprint density at radius 1 is 1.00 bits per heavy atom. The van der Waals surface area contributed by atoms with Crippen LogP contribution in [0.2, 0.25) is 0 Å². The van der Waals surface area contributed by atoms with Gasteiger partial charge in [-0.15, -0.1) is 21.5 Å². The second kappa shape index (κ2) is 7.20. The zero-order valence-electron chi connectivity index (χ0n) is 13.5. The molecule has 0 atom stereocenters. The molecule has 1 N–H and O–H groups in total. The first-order valence-corrected chi connectivity index (χ1v) is 9.72. The van der Waals surface area contributed by atoms with Gasteiger partial charge in [-0.2, -0.15) is 0 Å². The van der Waals surface area contributed by atoms with Gasteiger partial charge in [0.2, 0.25) is 5.13 Å². The van der Waals surface area contributed by atoms with Crippen molar-refractivity contribution in [3.8, 4) is 9.88 Å². The fourth-order valence-electron chi connectivity index (χ4n) is 2.67.